The molecule has 0 atom stereocenters. The van der Waals surface area contributed by atoms with E-state index in [1.807, 2.05) is 0 Å². The summed E-state index contributed by atoms with van der Waals surface area (Å²) in [6, 6.07) is 1.12. The molecule has 0 amide bonds. The second-order valence-electron chi connectivity index (χ2n) is 3.19. The van der Waals surface area contributed by atoms with Crippen molar-refractivity contribution in [2.75, 3.05) is 7.11 Å². The van der Waals surface area contributed by atoms with Gasteiger partial charge in [0.15, 0.2) is 0 Å². The summed E-state index contributed by atoms with van der Waals surface area (Å²) in [7, 11) is 1.34. The Bertz CT molecular complexity index is 407. The number of carboxylic acid groups (broad SMARTS) is 1. The lowest BCUT2D eigenvalue weighted by Crippen LogP contribution is -2.08. The number of carboxylic acids is 1. The molecule has 0 spiro atoms. The van der Waals surface area contributed by atoms with Gasteiger partial charge in [-0.25, -0.2) is 8.78 Å². The highest BCUT2D eigenvalue weighted by molar-refractivity contribution is 5.70. The predicted molar refractivity (Wildman–Crippen MR) is 51.8 cm³/mol. The Morgan fingerprint density at radius 2 is 2.25 bits per heavy atom. The maximum atomic E-state index is 12.5. The maximum absolute atomic E-state index is 12.5. The van der Waals surface area contributed by atoms with Crippen LogP contribution < -0.4 is 4.74 Å². The van der Waals surface area contributed by atoms with Crippen LogP contribution in [0.25, 0.3) is 0 Å². The van der Waals surface area contributed by atoms with Crippen molar-refractivity contribution in [1.29, 1.82) is 0 Å². The minimum atomic E-state index is -2.75. The average molecular weight is 231 g/mol. The first-order valence-corrected chi connectivity index (χ1v) is 4.50. The van der Waals surface area contributed by atoms with Gasteiger partial charge in [0.2, 0.25) is 0 Å². The third kappa shape index (κ3) is 2.65. The molecule has 1 aromatic rings. The molecule has 0 bridgehead atoms. The Morgan fingerprint density at radius 1 is 1.62 bits per heavy atom. The monoisotopic (exact) mass is 231 g/mol. The van der Waals surface area contributed by atoms with Gasteiger partial charge in [0, 0.05) is 11.6 Å². The molecule has 0 unspecified atom stereocenters. The Kier molecular flexibility index (Phi) is 3.76. The summed E-state index contributed by atoms with van der Waals surface area (Å²) >= 11 is 0. The molecule has 1 heterocycles. The summed E-state index contributed by atoms with van der Waals surface area (Å²) in [5.74, 6) is -0.898. The highest BCUT2D eigenvalue weighted by Gasteiger charge is 2.17. The number of carbonyl (C=O) groups is 1. The second-order valence-corrected chi connectivity index (χ2v) is 3.19. The van der Waals surface area contributed by atoms with E-state index in [1.54, 1.807) is 6.92 Å². The summed E-state index contributed by atoms with van der Waals surface area (Å²) in [5, 5.41) is 8.62. The Morgan fingerprint density at radius 3 is 2.69 bits per heavy atom. The highest BCUT2D eigenvalue weighted by atomic mass is 19.3. The summed E-state index contributed by atoms with van der Waals surface area (Å²) in [5.41, 5.74) is 0.0927. The van der Waals surface area contributed by atoms with Gasteiger partial charge in [-0.2, -0.15) is 0 Å². The van der Waals surface area contributed by atoms with Gasteiger partial charge >= 0.3 is 5.97 Å². The molecular weight excluding hydrogens is 220 g/mol. The molecule has 0 saturated heterocycles. The Hall–Kier alpha value is -1.72. The molecular formula is C10H11F2NO3. The molecule has 0 aliphatic heterocycles. The van der Waals surface area contributed by atoms with E-state index in [9.17, 15) is 13.6 Å². The summed E-state index contributed by atoms with van der Waals surface area (Å²) < 4.78 is 29.8. The fourth-order valence-electron chi connectivity index (χ4n) is 1.30. The number of hydrogen-bond acceptors (Lipinski definition) is 3. The summed E-state index contributed by atoms with van der Waals surface area (Å²) in [6.45, 7) is 1.58. The first-order valence-electron chi connectivity index (χ1n) is 4.50. The van der Waals surface area contributed by atoms with Gasteiger partial charge in [0.05, 0.1) is 19.2 Å². The molecule has 0 aliphatic carbocycles. The Balaban J connectivity index is 3.24. The minimum Gasteiger partial charge on any atom is -0.496 e. The lowest BCUT2D eigenvalue weighted by Gasteiger charge is -2.11. The highest BCUT2D eigenvalue weighted by Crippen LogP contribution is 2.26. The molecule has 88 valence electrons. The molecule has 0 radical (unpaired) electrons. The van der Waals surface area contributed by atoms with Crippen molar-refractivity contribution in [3.8, 4) is 5.75 Å². The van der Waals surface area contributed by atoms with Gasteiger partial charge in [-0.05, 0) is 6.92 Å². The zero-order chi connectivity index (χ0) is 12.3. The molecule has 0 saturated carbocycles. The van der Waals surface area contributed by atoms with E-state index in [0.29, 0.717) is 5.56 Å². The number of rotatable bonds is 4. The SMILES string of the molecule is COc1cc(C(F)F)nc(CC(=O)O)c1C. The van der Waals surface area contributed by atoms with E-state index >= 15 is 0 Å². The fraction of sp³-hybridized carbons (Fsp3) is 0.400. The minimum absolute atomic E-state index is 0.0992. The van der Waals surface area contributed by atoms with Crippen LogP contribution >= 0.6 is 0 Å². The van der Waals surface area contributed by atoms with Gasteiger partial charge < -0.3 is 9.84 Å². The van der Waals surface area contributed by atoms with E-state index in [1.165, 1.54) is 7.11 Å². The van der Waals surface area contributed by atoms with Crippen molar-refractivity contribution >= 4 is 5.97 Å². The van der Waals surface area contributed by atoms with Crippen LogP contribution in [0.15, 0.2) is 6.07 Å². The van der Waals surface area contributed by atoms with E-state index in [0.717, 1.165) is 6.07 Å². The number of halogens is 2. The zero-order valence-corrected chi connectivity index (χ0v) is 8.83. The molecule has 16 heavy (non-hydrogen) atoms. The summed E-state index contributed by atoms with van der Waals surface area (Å²) in [4.78, 5) is 14.1. The number of ether oxygens (including phenoxy) is 1. The topological polar surface area (TPSA) is 59.4 Å². The van der Waals surface area contributed by atoms with Crippen molar-refractivity contribution in [2.45, 2.75) is 19.8 Å². The van der Waals surface area contributed by atoms with Crippen LogP contribution in [0.4, 0.5) is 8.78 Å². The molecule has 1 N–H and O–H groups in total. The molecule has 1 rings (SSSR count). The van der Waals surface area contributed by atoms with Crippen LogP contribution in [0.1, 0.15) is 23.4 Å². The van der Waals surface area contributed by atoms with Crippen LogP contribution in [0.5, 0.6) is 5.75 Å². The number of hydrogen-bond donors (Lipinski definition) is 1. The fourth-order valence-corrected chi connectivity index (χ4v) is 1.30. The largest absolute Gasteiger partial charge is 0.496 e. The zero-order valence-electron chi connectivity index (χ0n) is 8.83. The second kappa shape index (κ2) is 4.87. The molecule has 1 aromatic heterocycles. The molecule has 6 heteroatoms. The van der Waals surface area contributed by atoms with Crippen molar-refractivity contribution in [3.63, 3.8) is 0 Å². The molecule has 0 fully saturated rings. The van der Waals surface area contributed by atoms with Crippen LogP contribution in [-0.4, -0.2) is 23.2 Å². The number of aliphatic carboxylic acids is 1. The Labute approximate surface area is 90.9 Å². The summed E-state index contributed by atoms with van der Waals surface area (Å²) in [6.07, 6.45) is -3.15. The first-order chi connectivity index (χ1) is 7.45. The van der Waals surface area contributed by atoms with Crippen molar-refractivity contribution in [2.24, 2.45) is 0 Å². The van der Waals surface area contributed by atoms with Crippen LogP contribution in [-0.2, 0) is 11.2 Å². The number of aromatic nitrogens is 1. The van der Waals surface area contributed by atoms with E-state index < -0.39 is 24.5 Å². The molecule has 0 aliphatic rings. The first kappa shape index (κ1) is 12.4. The normalized spacial score (nSPS) is 10.6. The van der Waals surface area contributed by atoms with E-state index in [2.05, 4.69) is 4.98 Å². The van der Waals surface area contributed by atoms with Crippen molar-refractivity contribution < 1.29 is 23.4 Å². The van der Waals surface area contributed by atoms with Gasteiger partial charge in [0.1, 0.15) is 11.4 Å². The van der Waals surface area contributed by atoms with Crippen LogP contribution in [0, 0.1) is 6.92 Å². The van der Waals surface area contributed by atoms with Crippen LogP contribution in [0.3, 0.4) is 0 Å². The number of methoxy groups -OCH3 is 1. The number of nitrogens with zero attached hydrogens (tertiary/aromatic N) is 1. The number of alkyl halides is 2. The van der Waals surface area contributed by atoms with Crippen molar-refractivity contribution in [3.05, 3.63) is 23.0 Å². The lowest BCUT2D eigenvalue weighted by molar-refractivity contribution is -0.136. The third-order valence-corrected chi connectivity index (χ3v) is 2.11. The smallest absolute Gasteiger partial charge is 0.309 e. The molecule has 4 nitrogen and oxygen atoms in total. The van der Waals surface area contributed by atoms with Gasteiger partial charge in [-0.1, -0.05) is 0 Å². The average Bonchev–Trinajstić information content (AvgIpc) is 2.20. The third-order valence-electron chi connectivity index (χ3n) is 2.11. The number of pyridine rings is 1. The van der Waals surface area contributed by atoms with Gasteiger partial charge in [-0.3, -0.25) is 9.78 Å². The maximum Gasteiger partial charge on any atom is 0.309 e. The predicted octanol–water partition coefficient (Wildman–Crippen LogP) is 1.96. The van der Waals surface area contributed by atoms with Gasteiger partial charge in [-0.15, -0.1) is 0 Å². The standard InChI is InChI=1S/C10H11F2NO3/c1-5-6(4-9(14)15)13-7(10(11)12)3-8(5)16-2/h3,10H,4H2,1-2H3,(H,14,15). The lowest BCUT2D eigenvalue weighted by atomic mass is 10.1. The van der Waals surface area contributed by atoms with Gasteiger partial charge in [0.25, 0.3) is 6.43 Å². The van der Waals surface area contributed by atoms with Crippen LogP contribution in [0.2, 0.25) is 0 Å². The van der Waals surface area contributed by atoms with E-state index in [4.69, 9.17) is 9.84 Å². The quantitative estimate of drug-likeness (QED) is 0.860. The molecule has 0 aromatic carbocycles. The van der Waals surface area contributed by atoms with E-state index in [-0.39, 0.29) is 11.4 Å². The van der Waals surface area contributed by atoms with Crippen molar-refractivity contribution in [1.82, 2.24) is 4.98 Å².